The van der Waals surface area contributed by atoms with Gasteiger partial charge in [0.25, 0.3) is 0 Å². The Morgan fingerprint density at radius 2 is 1.80 bits per heavy atom. The maximum Gasteiger partial charge on any atom is 0.190 e. The number of aliphatic imine (C=N–C) groups is 1. The Kier molecular flexibility index (Phi) is 12.9. The standard InChI is InChI=1S/C50H77N5O7S2/c1-28-36-14-34(50(62)39-17-41(59)38-16-42(60)43(61)22-47(38,5)44(39)32(20-49(36,50)26-56)23-53-45(51)54-29(2)57)24-63-64-25-35(55-12-11-52-27-55)21-46(3,4)37(15-40(28)58)31-13-30-8-9-33-7-6-10-48(33,18-30)19-31/h11-12,17,27-30,32-36,38,40,42-44,56-58,60-62H,6-10,13-16,18-26H2,1-5H3,(H3,51,53,54)/b37-31+/t28-,29-,30+,32+,33+,34-,35+,36+,38-,40+,42+,43-,44-,47-,48+,49-,50+/m0/s1. The number of aliphatic hydroxyl groups is 6. The molecule has 7 fully saturated rings. The van der Waals surface area contributed by atoms with Crippen molar-refractivity contribution in [3.8, 4) is 0 Å². The van der Waals surface area contributed by atoms with Gasteiger partial charge in [-0.25, -0.2) is 4.98 Å². The first-order chi connectivity index (χ1) is 30.4. The highest BCUT2D eigenvalue weighted by Crippen LogP contribution is 2.72. The summed E-state index contributed by atoms with van der Waals surface area (Å²) in [6, 6.07) is 0.152. The van der Waals surface area contributed by atoms with E-state index in [0.29, 0.717) is 41.9 Å². The van der Waals surface area contributed by atoms with Crippen LogP contribution in [0.15, 0.2) is 46.5 Å². The summed E-state index contributed by atoms with van der Waals surface area (Å²) in [5.41, 5.74) is 6.51. The highest BCUT2D eigenvalue weighted by atomic mass is 33.1. The lowest BCUT2D eigenvalue weighted by Crippen LogP contribution is -2.67. The molecule has 14 heteroatoms. The van der Waals surface area contributed by atoms with Crippen LogP contribution < -0.4 is 11.1 Å². The molecule has 8 aliphatic rings. The van der Waals surface area contributed by atoms with E-state index in [-0.39, 0.29) is 72.9 Å². The molecule has 2 heterocycles. The maximum atomic E-state index is 14.5. The lowest BCUT2D eigenvalue weighted by Gasteiger charge is -2.63. The molecule has 0 radical (unpaired) electrons. The molecule has 9 rings (SSSR count). The third-order valence-corrected chi connectivity index (χ3v) is 21.9. The van der Waals surface area contributed by atoms with Gasteiger partial charge in [0.1, 0.15) is 6.23 Å². The zero-order chi connectivity index (χ0) is 45.6. The number of imidazole rings is 1. The van der Waals surface area contributed by atoms with Crippen molar-refractivity contribution in [1.82, 2.24) is 14.9 Å². The number of nitrogens with two attached hydrogens (primary N) is 1. The number of ketones is 1. The van der Waals surface area contributed by atoms with Crippen LogP contribution in [0.5, 0.6) is 0 Å². The lowest BCUT2D eigenvalue weighted by atomic mass is 9.42. The second kappa shape index (κ2) is 17.6. The number of guanidine groups is 1. The fourth-order valence-electron chi connectivity index (χ4n) is 16.5. The van der Waals surface area contributed by atoms with Crippen LogP contribution in [-0.4, -0.2) is 107 Å². The molecule has 17 atom stereocenters. The molecule has 356 valence electrons. The molecular weight excluding hydrogens is 847 g/mol. The molecule has 1 spiro atoms. The van der Waals surface area contributed by atoms with Crippen molar-refractivity contribution in [2.24, 2.45) is 79.7 Å². The fraction of sp³-hybridized carbons (Fsp3) is 0.820. The topological polar surface area (TPSA) is 207 Å². The minimum Gasteiger partial charge on any atom is -0.396 e. The zero-order valence-electron chi connectivity index (χ0n) is 38.9. The summed E-state index contributed by atoms with van der Waals surface area (Å²) in [6.07, 6.45) is 16.6. The summed E-state index contributed by atoms with van der Waals surface area (Å²) < 4.78 is 2.25. The number of aromatic nitrogens is 2. The molecular formula is C50H77N5O7S2. The van der Waals surface area contributed by atoms with E-state index in [1.807, 2.05) is 30.2 Å². The molecule has 1 aromatic rings. The number of hydrogen-bond acceptors (Lipinski definition) is 11. The van der Waals surface area contributed by atoms with Crippen LogP contribution in [0.25, 0.3) is 0 Å². The molecule has 6 saturated carbocycles. The van der Waals surface area contributed by atoms with Crippen LogP contribution in [0.3, 0.4) is 0 Å². The Bertz CT molecular complexity index is 1990. The molecule has 9 N–H and O–H groups in total. The third-order valence-electron chi connectivity index (χ3n) is 19.3. The SMILES string of the molecule is C[C@@H]1[C@H](O)C/C(=C2/C[C@H]3CC[C@H]4CCC[C@]4(C2)C3)C(C)(C)C[C@@H](n2ccnc2)CSSC[C@@H]2C[C@H]1[C@@]1(CO)C[C@H](CN=C(N)N[C@H](C)O)[C@H]3C(=CC(=O)[C@@H]4C[C@@H](O)[C@@H](O)C[C@]34C)[C@]21O. The summed E-state index contributed by atoms with van der Waals surface area (Å²) >= 11 is 0. The first-order valence-electron chi connectivity index (χ1n) is 24.7. The molecule has 1 aliphatic heterocycles. The van der Waals surface area contributed by atoms with Gasteiger partial charge in [-0.05, 0) is 154 Å². The molecule has 7 aliphatic carbocycles. The third kappa shape index (κ3) is 7.79. The number of nitrogens with zero attached hydrogens (tertiary/aromatic N) is 3. The lowest BCUT2D eigenvalue weighted by molar-refractivity contribution is -0.182. The Morgan fingerprint density at radius 1 is 1.02 bits per heavy atom. The van der Waals surface area contributed by atoms with Crippen molar-refractivity contribution >= 4 is 33.3 Å². The molecule has 12 nitrogen and oxygen atoms in total. The van der Waals surface area contributed by atoms with E-state index >= 15 is 0 Å². The van der Waals surface area contributed by atoms with Gasteiger partial charge in [-0.2, -0.15) is 0 Å². The van der Waals surface area contributed by atoms with Crippen LogP contribution in [0.1, 0.15) is 131 Å². The minimum atomic E-state index is -1.60. The molecule has 4 bridgehead atoms. The highest BCUT2D eigenvalue weighted by Gasteiger charge is 2.73. The van der Waals surface area contributed by atoms with Crippen molar-refractivity contribution in [3.05, 3.63) is 41.5 Å². The van der Waals surface area contributed by atoms with E-state index in [2.05, 4.69) is 41.8 Å². The minimum absolute atomic E-state index is 0.0724. The summed E-state index contributed by atoms with van der Waals surface area (Å²) in [4.78, 5) is 23.8. The van der Waals surface area contributed by atoms with Crippen LogP contribution in [-0.2, 0) is 4.79 Å². The smallest absolute Gasteiger partial charge is 0.190 e. The number of allylic oxidation sites excluding steroid dienone is 2. The number of fused-ring (bicyclic) bond motifs is 10. The summed E-state index contributed by atoms with van der Waals surface area (Å²) in [5.74, 6) is 0.537. The van der Waals surface area contributed by atoms with E-state index in [1.165, 1.54) is 44.1 Å². The van der Waals surface area contributed by atoms with Crippen LogP contribution in [0.2, 0.25) is 0 Å². The first-order valence-corrected chi connectivity index (χ1v) is 27.2. The molecule has 1 saturated heterocycles. The normalized spacial score (nSPS) is 47.6. The van der Waals surface area contributed by atoms with Gasteiger partial charge in [-0.1, -0.05) is 66.8 Å². The Balaban J connectivity index is 1.16. The van der Waals surface area contributed by atoms with Gasteiger partial charge in [0.05, 0.1) is 36.8 Å². The highest BCUT2D eigenvalue weighted by molar-refractivity contribution is 8.76. The van der Waals surface area contributed by atoms with E-state index in [1.54, 1.807) is 29.4 Å². The van der Waals surface area contributed by atoms with Crippen LogP contribution in [0, 0.1) is 69.0 Å². The monoisotopic (exact) mass is 924 g/mol. The zero-order valence-corrected chi connectivity index (χ0v) is 40.5. The van der Waals surface area contributed by atoms with E-state index in [4.69, 9.17) is 10.7 Å². The quantitative estimate of drug-likeness (QED) is 0.0549. The first kappa shape index (κ1) is 47.2. The van der Waals surface area contributed by atoms with Crippen molar-refractivity contribution in [2.45, 2.75) is 161 Å². The van der Waals surface area contributed by atoms with Crippen LogP contribution >= 0.6 is 21.6 Å². The molecule has 0 amide bonds. The number of rotatable bonds is 5. The Morgan fingerprint density at radius 3 is 2.53 bits per heavy atom. The summed E-state index contributed by atoms with van der Waals surface area (Å²) in [5, 5.41) is 74.3. The van der Waals surface area contributed by atoms with Crippen molar-refractivity contribution < 1.29 is 35.4 Å². The van der Waals surface area contributed by atoms with Crippen molar-refractivity contribution in [1.29, 1.82) is 0 Å². The van der Waals surface area contributed by atoms with Crippen molar-refractivity contribution in [2.75, 3.05) is 24.7 Å². The van der Waals surface area contributed by atoms with Gasteiger partial charge in [-0.3, -0.25) is 9.79 Å². The molecule has 64 heavy (non-hydrogen) atoms. The fourth-order valence-corrected chi connectivity index (χ4v) is 19.3. The van der Waals surface area contributed by atoms with E-state index < -0.39 is 52.8 Å². The average molecular weight is 924 g/mol. The number of aliphatic hydroxyl groups excluding tert-OH is 5. The van der Waals surface area contributed by atoms with Gasteiger partial charge in [-0.15, -0.1) is 0 Å². The van der Waals surface area contributed by atoms with Gasteiger partial charge in [0.2, 0.25) is 0 Å². The number of carbonyl (C=O) groups is 1. The Labute approximate surface area is 388 Å². The summed E-state index contributed by atoms with van der Waals surface area (Å²) in [6.45, 7) is 10.4. The number of nitrogens with one attached hydrogen (secondary N) is 1. The predicted octanol–water partition coefficient (Wildman–Crippen LogP) is 6.17. The second-order valence-electron chi connectivity index (χ2n) is 23.3. The molecule has 1 aromatic heterocycles. The van der Waals surface area contributed by atoms with Gasteiger partial charge < -0.3 is 46.3 Å². The van der Waals surface area contributed by atoms with Gasteiger partial charge in [0, 0.05) is 53.7 Å². The number of carbonyl (C=O) groups excluding carboxylic acids is 1. The van der Waals surface area contributed by atoms with Crippen LogP contribution in [0.4, 0.5) is 0 Å². The van der Waals surface area contributed by atoms with E-state index in [9.17, 15) is 35.4 Å². The maximum absolute atomic E-state index is 14.5. The molecule has 0 unspecified atom stereocenters. The largest absolute Gasteiger partial charge is 0.396 e. The predicted molar refractivity (Wildman–Crippen MR) is 253 cm³/mol. The van der Waals surface area contributed by atoms with Gasteiger partial charge in [0.15, 0.2) is 11.7 Å². The average Bonchev–Trinajstić information content (AvgIpc) is 3.97. The second-order valence-corrected chi connectivity index (χ2v) is 25.8. The van der Waals surface area contributed by atoms with Crippen molar-refractivity contribution in [3.63, 3.8) is 0 Å². The number of hydrogen-bond donors (Lipinski definition) is 8. The summed E-state index contributed by atoms with van der Waals surface area (Å²) in [7, 11) is 3.57. The van der Waals surface area contributed by atoms with E-state index in [0.717, 1.165) is 30.9 Å². The van der Waals surface area contributed by atoms with Gasteiger partial charge >= 0.3 is 0 Å². The Hall–Kier alpha value is -1.91. The molecule has 0 aromatic carbocycles.